The smallest absolute Gasteiger partial charge is 0.325 e. The molecule has 0 radical (unpaired) electrons. The maximum atomic E-state index is 13.4. The van der Waals surface area contributed by atoms with Gasteiger partial charge >= 0.3 is 6.03 Å². The lowest BCUT2D eigenvalue weighted by Gasteiger charge is -2.19. The minimum Gasteiger partial charge on any atom is -0.357 e. The lowest BCUT2D eigenvalue weighted by atomic mass is 9.99. The van der Waals surface area contributed by atoms with Gasteiger partial charge in [0.25, 0.3) is 5.91 Å². The Kier molecular flexibility index (Phi) is 7.37. The first-order valence-electron chi connectivity index (χ1n) is 9.72. The topological polar surface area (TPSA) is 85.8 Å². The number of amides is 3. The first kappa shape index (κ1) is 21.7. The second kappa shape index (κ2) is 9.52. The number of rotatable bonds is 8. The Morgan fingerprint density at radius 3 is 2.64 bits per heavy atom. The molecule has 1 aliphatic heterocycles. The van der Waals surface area contributed by atoms with Crippen molar-refractivity contribution in [2.24, 2.45) is 4.99 Å². The third kappa shape index (κ3) is 5.21. The Morgan fingerprint density at radius 2 is 2.04 bits per heavy atom. The summed E-state index contributed by atoms with van der Waals surface area (Å²) in [7, 11) is 0. The van der Waals surface area contributed by atoms with Crippen LogP contribution in [0.4, 0.5) is 9.18 Å². The van der Waals surface area contributed by atoms with E-state index >= 15 is 0 Å². The van der Waals surface area contributed by atoms with E-state index in [0.717, 1.165) is 5.56 Å². The number of hydrogen-bond acceptors (Lipinski definition) is 3. The summed E-state index contributed by atoms with van der Waals surface area (Å²) in [5, 5.41) is 9.10. The Hall–Kier alpha value is -2.64. The number of aryl methyl sites for hydroxylation is 1. The van der Waals surface area contributed by atoms with E-state index in [1.165, 1.54) is 11.0 Å². The van der Waals surface area contributed by atoms with Gasteiger partial charge in [-0.15, -0.1) is 0 Å². The number of nitrogens with one attached hydrogen (secondary N) is 3. The summed E-state index contributed by atoms with van der Waals surface area (Å²) < 4.78 is 13.4. The molecule has 154 valence electrons. The number of guanidine groups is 1. The molecule has 1 aliphatic rings. The van der Waals surface area contributed by atoms with Crippen LogP contribution in [-0.4, -0.2) is 48.0 Å². The molecule has 0 aromatic heterocycles. The van der Waals surface area contributed by atoms with Crippen molar-refractivity contribution in [1.29, 1.82) is 0 Å². The Labute approximate surface area is 165 Å². The lowest BCUT2D eigenvalue weighted by Crippen LogP contribution is -2.43. The summed E-state index contributed by atoms with van der Waals surface area (Å²) >= 11 is 0. The van der Waals surface area contributed by atoms with Gasteiger partial charge in [-0.05, 0) is 50.8 Å². The van der Waals surface area contributed by atoms with Gasteiger partial charge in [0.05, 0.1) is 6.54 Å². The van der Waals surface area contributed by atoms with Crippen molar-refractivity contribution >= 4 is 17.9 Å². The van der Waals surface area contributed by atoms with E-state index in [9.17, 15) is 14.0 Å². The zero-order chi connectivity index (χ0) is 20.7. The fourth-order valence-corrected chi connectivity index (χ4v) is 2.95. The van der Waals surface area contributed by atoms with Crippen LogP contribution in [0.2, 0.25) is 0 Å². The van der Waals surface area contributed by atoms with Crippen LogP contribution < -0.4 is 16.0 Å². The highest BCUT2D eigenvalue weighted by Crippen LogP contribution is 2.20. The molecule has 1 unspecified atom stereocenters. The molecule has 0 spiro atoms. The molecule has 1 aromatic rings. The predicted octanol–water partition coefficient (Wildman–Crippen LogP) is 2.30. The second-order valence-electron chi connectivity index (χ2n) is 7.13. The zero-order valence-electron chi connectivity index (χ0n) is 17.1. The third-order valence-electron chi connectivity index (χ3n) is 4.89. The molecule has 3 N–H and O–H groups in total. The summed E-state index contributed by atoms with van der Waals surface area (Å²) in [6.45, 7) is 9.37. The number of benzene rings is 1. The molecule has 1 aromatic carbocycles. The summed E-state index contributed by atoms with van der Waals surface area (Å²) in [6, 6.07) is 4.62. The van der Waals surface area contributed by atoms with Gasteiger partial charge in [0.15, 0.2) is 5.96 Å². The highest BCUT2D eigenvalue weighted by molar-refractivity contribution is 6.06. The van der Waals surface area contributed by atoms with E-state index < -0.39 is 5.54 Å². The van der Waals surface area contributed by atoms with E-state index in [4.69, 9.17) is 0 Å². The summed E-state index contributed by atoms with van der Waals surface area (Å²) in [5.41, 5.74) is 0.723. The number of halogens is 1. The van der Waals surface area contributed by atoms with E-state index in [1.54, 1.807) is 26.0 Å². The van der Waals surface area contributed by atoms with Crippen molar-refractivity contribution in [2.75, 3.05) is 19.6 Å². The van der Waals surface area contributed by atoms with Crippen molar-refractivity contribution in [1.82, 2.24) is 20.9 Å². The summed E-state index contributed by atoms with van der Waals surface area (Å²) in [5.74, 6) is 0.241. The number of hydrogen-bond donors (Lipinski definition) is 3. The Balaban J connectivity index is 1.85. The van der Waals surface area contributed by atoms with Gasteiger partial charge in [-0.3, -0.25) is 9.69 Å². The molecule has 2 rings (SSSR count). The van der Waals surface area contributed by atoms with Crippen LogP contribution in [0, 0.1) is 12.7 Å². The van der Waals surface area contributed by atoms with Crippen molar-refractivity contribution in [3.05, 3.63) is 35.1 Å². The van der Waals surface area contributed by atoms with Crippen LogP contribution in [0.15, 0.2) is 23.2 Å². The van der Waals surface area contributed by atoms with Crippen LogP contribution in [0.1, 0.15) is 44.7 Å². The average molecular weight is 391 g/mol. The van der Waals surface area contributed by atoms with E-state index in [0.29, 0.717) is 50.5 Å². The van der Waals surface area contributed by atoms with Crippen molar-refractivity contribution in [2.45, 2.75) is 52.6 Å². The fourth-order valence-electron chi connectivity index (χ4n) is 2.95. The third-order valence-corrected chi connectivity index (χ3v) is 4.89. The molecular formula is C20H30FN5O2. The monoisotopic (exact) mass is 391 g/mol. The SMILES string of the molecule is CCNC(=NCc1ccc(F)c(C)c1)NCCCN1C(=O)NC(C)(CC)C1=O. The van der Waals surface area contributed by atoms with Crippen LogP contribution >= 0.6 is 0 Å². The van der Waals surface area contributed by atoms with Crippen molar-refractivity contribution in [3.8, 4) is 0 Å². The minimum atomic E-state index is -0.797. The summed E-state index contributed by atoms with van der Waals surface area (Å²) in [4.78, 5) is 30.2. The number of nitrogens with zero attached hydrogens (tertiary/aromatic N) is 2. The molecular weight excluding hydrogens is 361 g/mol. The van der Waals surface area contributed by atoms with Crippen molar-refractivity contribution < 1.29 is 14.0 Å². The van der Waals surface area contributed by atoms with Gasteiger partial charge in [0, 0.05) is 19.6 Å². The highest BCUT2D eigenvalue weighted by atomic mass is 19.1. The first-order valence-corrected chi connectivity index (χ1v) is 9.72. The molecule has 1 fully saturated rings. The fraction of sp³-hybridized carbons (Fsp3) is 0.550. The maximum absolute atomic E-state index is 13.4. The number of urea groups is 1. The maximum Gasteiger partial charge on any atom is 0.325 e. The van der Waals surface area contributed by atoms with Gasteiger partial charge in [0.1, 0.15) is 11.4 Å². The van der Waals surface area contributed by atoms with E-state index in [-0.39, 0.29) is 17.8 Å². The molecule has 1 atom stereocenters. The zero-order valence-corrected chi connectivity index (χ0v) is 17.1. The van der Waals surface area contributed by atoms with E-state index in [2.05, 4.69) is 20.9 Å². The van der Waals surface area contributed by atoms with Gasteiger partial charge in [-0.1, -0.05) is 19.1 Å². The lowest BCUT2D eigenvalue weighted by molar-refractivity contribution is -0.130. The Bertz CT molecular complexity index is 752. The molecule has 1 heterocycles. The molecule has 1 saturated heterocycles. The first-order chi connectivity index (χ1) is 13.3. The molecule has 8 heteroatoms. The van der Waals surface area contributed by atoms with Gasteiger partial charge < -0.3 is 16.0 Å². The van der Waals surface area contributed by atoms with Gasteiger partial charge in [0.2, 0.25) is 0 Å². The molecule has 0 bridgehead atoms. The summed E-state index contributed by atoms with van der Waals surface area (Å²) in [6.07, 6.45) is 1.17. The molecule has 0 aliphatic carbocycles. The van der Waals surface area contributed by atoms with Crippen molar-refractivity contribution in [3.63, 3.8) is 0 Å². The quantitative estimate of drug-likeness (QED) is 0.275. The molecule has 0 saturated carbocycles. The Morgan fingerprint density at radius 1 is 1.29 bits per heavy atom. The molecule has 3 amide bonds. The van der Waals surface area contributed by atoms with Crippen LogP contribution in [0.25, 0.3) is 0 Å². The largest absolute Gasteiger partial charge is 0.357 e. The van der Waals surface area contributed by atoms with Crippen LogP contribution in [0.3, 0.4) is 0 Å². The number of imide groups is 1. The highest BCUT2D eigenvalue weighted by Gasteiger charge is 2.45. The number of aliphatic imine (C=N–C) groups is 1. The van der Waals surface area contributed by atoms with Crippen LogP contribution in [-0.2, 0) is 11.3 Å². The number of carbonyl (C=O) groups excluding carboxylic acids is 2. The van der Waals surface area contributed by atoms with Gasteiger partial charge in [-0.25, -0.2) is 14.2 Å². The van der Waals surface area contributed by atoms with Gasteiger partial charge in [-0.2, -0.15) is 0 Å². The van der Waals surface area contributed by atoms with Crippen LogP contribution in [0.5, 0.6) is 0 Å². The minimum absolute atomic E-state index is 0.174. The second-order valence-corrected chi connectivity index (χ2v) is 7.13. The molecule has 28 heavy (non-hydrogen) atoms. The molecule has 7 nitrogen and oxygen atoms in total. The number of carbonyl (C=O) groups is 2. The average Bonchev–Trinajstić information content (AvgIpc) is 2.89. The normalized spacial score (nSPS) is 19.8. The predicted molar refractivity (Wildman–Crippen MR) is 108 cm³/mol. The van der Waals surface area contributed by atoms with E-state index in [1.807, 2.05) is 13.8 Å². The standard InChI is InChI=1S/C20H30FN5O2/c1-5-20(4)17(27)26(19(28)25-20)11-7-10-23-18(22-6-2)24-13-15-8-9-16(21)14(3)12-15/h8-9,12H,5-7,10-11,13H2,1-4H3,(H,25,28)(H2,22,23,24).